The maximum atomic E-state index is 12.8. The first-order chi connectivity index (χ1) is 30.0. The number of ether oxygens (including phenoxy) is 3. The van der Waals surface area contributed by atoms with E-state index >= 15 is 0 Å². The molecule has 360 valence electrons. The highest BCUT2D eigenvalue weighted by molar-refractivity contribution is 5.71. The van der Waals surface area contributed by atoms with E-state index in [1.54, 1.807) is 0 Å². The van der Waals surface area contributed by atoms with Crippen molar-refractivity contribution in [3.05, 3.63) is 12.2 Å². The second-order valence-electron chi connectivity index (χ2n) is 18.5. The number of carbonyl (C=O) groups excluding carboxylic acids is 3. The second kappa shape index (κ2) is 50.8. The molecule has 0 aliphatic rings. The average molecular weight is 861 g/mol. The smallest absolute Gasteiger partial charge is 0.306 e. The van der Waals surface area contributed by atoms with Crippen LogP contribution >= 0.6 is 0 Å². The zero-order chi connectivity index (χ0) is 44.4. The molecular weight excluding hydrogens is 757 g/mol. The Morgan fingerprint density at radius 1 is 0.311 bits per heavy atom. The largest absolute Gasteiger partial charge is 0.462 e. The number of rotatable bonds is 50. The number of esters is 3. The van der Waals surface area contributed by atoms with Crippen molar-refractivity contribution in [3.63, 3.8) is 0 Å². The lowest BCUT2D eigenvalue weighted by Crippen LogP contribution is -2.30. The van der Waals surface area contributed by atoms with Crippen LogP contribution in [0.3, 0.4) is 0 Å². The lowest BCUT2D eigenvalue weighted by molar-refractivity contribution is -0.167. The predicted octanol–water partition coefficient (Wildman–Crippen LogP) is 17.8. The van der Waals surface area contributed by atoms with E-state index in [-0.39, 0.29) is 31.1 Å². The highest BCUT2D eigenvalue weighted by Gasteiger charge is 2.19. The SMILES string of the molecule is CCCCCC/C=C\CCCCCCCC(=O)OCC(COC(=O)CCCCCCCCCCCCCCCCC)OC(=O)CCCCCCCCCCCCCCCCC. The number of unbranched alkanes of at least 4 members (excludes halogenated alkanes) is 37. The third-order valence-corrected chi connectivity index (χ3v) is 12.3. The van der Waals surface area contributed by atoms with Crippen LogP contribution in [0.5, 0.6) is 0 Å². The van der Waals surface area contributed by atoms with Crippen LogP contribution in [0.2, 0.25) is 0 Å². The fourth-order valence-electron chi connectivity index (χ4n) is 8.14. The third-order valence-electron chi connectivity index (χ3n) is 12.3. The highest BCUT2D eigenvalue weighted by atomic mass is 16.6. The summed E-state index contributed by atoms with van der Waals surface area (Å²) in [7, 11) is 0. The monoisotopic (exact) mass is 861 g/mol. The molecule has 0 bridgehead atoms. The molecule has 6 nitrogen and oxygen atoms in total. The van der Waals surface area contributed by atoms with E-state index in [4.69, 9.17) is 14.2 Å². The van der Waals surface area contributed by atoms with Crippen LogP contribution in [0.4, 0.5) is 0 Å². The Morgan fingerprint density at radius 3 is 0.836 bits per heavy atom. The Balaban J connectivity index is 4.32. The summed E-state index contributed by atoms with van der Waals surface area (Å²) in [5.41, 5.74) is 0. The maximum Gasteiger partial charge on any atom is 0.306 e. The molecule has 0 aromatic rings. The van der Waals surface area contributed by atoms with Gasteiger partial charge in [-0.2, -0.15) is 0 Å². The van der Waals surface area contributed by atoms with Gasteiger partial charge in [-0.3, -0.25) is 14.4 Å². The Morgan fingerprint density at radius 2 is 0.541 bits per heavy atom. The fourth-order valence-corrected chi connectivity index (χ4v) is 8.14. The van der Waals surface area contributed by atoms with Crippen molar-refractivity contribution < 1.29 is 28.6 Å². The summed E-state index contributed by atoms with van der Waals surface area (Å²) in [4.78, 5) is 38.0. The molecule has 0 radical (unpaired) electrons. The van der Waals surface area contributed by atoms with E-state index in [2.05, 4.69) is 32.9 Å². The van der Waals surface area contributed by atoms with Gasteiger partial charge in [0.1, 0.15) is 13.2 Å². The Hall–Kier alpha value is -1.85. The molecule has 0 aliphatic heterocycles. The molecule has 0 saturated carbocycles. The van der Waals surface area contributed by atoms with Crippen molar-refractivity contribution in [2.24, 2.45) is 0 Å². The first-order valence-electron chi connectivity index (χ1n) is 27.2. The molecule has 1 unspecified atom stereocenters. The maximum absolute atomic E-state index is 12.8. The molecule has 0 aromatic heterocycles. The summed E-state index contributed by atoms with van der Waals surface area (Å²) >= 11 is 0. The molecule has 0 fully saturated rings. The predicted molar refractivity (Wildman–Crippen MR) is 261 cm³/mol. The van der Waals surface area contributed by atoms with Crippen molar-refractivity contribution in [2.75, 3.05) is 13.2 Å². The molecule has 0 aromatic carbocycles. The third kappa shape index (κ3) is 49.0. The van der Waals surface area contributed by atoms with Crippen LogP contribution in [0.1, 0.15) is 303 Å². The number of hydrogen-bond donors (Lipinski definition) is 0. The van der Waals surface area contributed by atoms with Crippen LogP contribution in [-0.4, -0.2) is 37.2 Å². The van der Waals surface area contributed by atoms with Gasteiger partial charge >= 0.3 is 17.9 Å². The molecular formula is C55H104O6. The minimum absolute atomic E-state index is 0.0668. The van der Waals surface area contributed by atoms with E-state index in [1.807, 2.05) is 0 Å². The molecule has 61 heavy (non-hydrogen) atoms. The van der Waals surface area contributed by atoms with E-state index in [0.717, 1.165) is 64.2 Å². The van der Waals surface area contributed by atoms with Crippen LogP contribution in [0.25, 0.3) is 0 Å². The van der Waals surface area contributed by atoms with E-state index in [1.165, 1.54) is 199 Å². The zero-order valence-electron chi connectivity index (χ0n) is 41.2. The molecule has 0 heterocycles. The second-order valence-corrected chi connectivity index (χ2v) is 18.5. The van der Waals surface area contributed by atoms with E-state index in [9.17, 15) is 14.4 Å². The Bertz CT molecular complexity index is 947. The van der Waals surface area contributed by atoms with Crippen molar-refractivity contribution >= 4 is 17.9 Å². The normalized spacial score (nSPS) is 12.0. The van der Waals surface area contributed by atoms with Crippen molar-refractivity contribution in [3.8, 4) is 0 Å². The Kier molecular flexibility index (Phi) is 49.3. The lowest BCUT2D eigenvalue weighted by atomic mass is 10.0. The number of carbonyl (C=O) groups is 3. The van der Waals surface area contributed by atoms with Gasteiger partial charge in [-0.1, -0.05) is 251 Å². The first kappa shape index (κ1) is 59.1. The average Bonchev–Trinajstić information content (AvgIpc) is 3.26. The lowest BCUT2D eigenvalue weighted by Gasteiger charge is -2.18. The van der Waals surface area contributed by atoms with Gasteiger partial charge in [-0.05, 0) is 44.9 Å². The molecule has 1 atom stereocenters. The van der Waals surface area contributed by atoms with Gasteiger partial charge in [0.2, 0.25) is 0 Å². The number of allylic oxidation sites excluding steroid dienone is 2. The minimum atomic E-state index is -0.766. The van der Waals surface area contributed by atoms with Crippen LogP contribution in [0.15, 0.2) is 12.2 Å². The molecule has 0 spiro atoms. The topological polar surface area (TPSA) is 78.9 Å². The summed E-state index contributed by atoms with van der Waals surface area (Å²) in [5, 5.41) is 0. The quantitative estimate of drug-likeness (QED) is 0.0262. The molecule has 0 amide bonds. The van der Waals surface area contributed by atoms with Crippen molar-refractivity contribution in [1.29, 1.82) is 0 Å². The minimum Gasteiger partial charge on any atom is -0.462 e. The van der Waals surface area contributed by atoms with Gasteiger partial charge in [0.15, 0.2) is 6.10 Å². The van der Waals surface area contributed by atoms with Gasteiger partial charge in [0, 0.05) is 19.3 Å². The van der Waals surface area contributed by atoms with Gasteiger partial charge in [-0.25, -0.2) is 0 Å². The molecule has 6 heteroatoms. The molecule has 0 rings (SSSR count). The van der Waals surface area contributed by atoms with Crippen LogP contribution < -0.4 is 0 Å². The first-order valence-corrected chi connectivity index (χ1v) is 27.2. The summed E-state index contributed by atoms with van der Waals surface area (Å²) in [6.07, 6.45) is 56.2. The van der Waals surface area contributed by atoms with Gasteiger partial charge in [0.05, 0.1) is 0 Å². The van der Waals surface area contributed by atoms with E-state index in [0.29, 0.717) is 19.3 Å². The summed E-state index contributed by atoms with van der Waals surface area (Å²) in [5.74, 6) is -0.855. The zero-order valence-corrected chi connectivity index (χ0v) is 41.2. The van der Waals surface area contributed by atoms with Gasteiger partial charge in [0.25, 0.3) is 0 Å². The summed E-state index contributed by atoms with van der Waals surface area (Å²) < 4.78 is 16.8. The number of hydrogen-bond acceptors (Lipinski definition) is 6. The standard InChI is InChI=1S/C55H104O6/c1-4-7-10-13-16-19-22-25-27-30-33-36-39-42-45-48-54(57)60-51-52(50-59-53(56)47-44-41-38-35-32-29-24-21-18-15-12-9-6-3)61-55(58)49-46-43-40-37-34-31-28-26-23-20-17-14-11-8-5-2/h21,24,52H,4-20,22-23,25-51H2,1-3H3/b24-21-. The summed E-state index contributed by atoms with van der Waals surface area (Å²) in [6, 6.07) is 0. The Labute approximate surface area is 380 Å². The van der Waals surface area contributed by atoms with Crippen molar-refractivity contribution in [2.45, 2.75) is 309 Å². The molecule has 0 saturated heterocycles. The van der Waals surface area contributed by atoms with Gasteiger partial charge in [-0.15, -0.1) is 0 Å². The van der Waals surface area contributed by atoms with Gasteiger partial charge < -0.3 is 14.2 Å². The van der Waals surface area contributed by atoms with Crippen LogP contribution in [-0.2, 0) is 28.6 Å². The molecule has 0 N–H and O–H groups in total. The summed E-state index contributed by atoms with van der Waals surface area (Å²) in [6.45, 7) is 6.66. The van der Waals surface area contributed by atoms with Crippen molar-refractivity contribution in [1.82, 2.24) is 0 Å². The molecule has 0 aliphatic carbocycles. The highest BCUT2D eigenvalue weighted by Crippen LogP contribution is 2.17. The van der Waals surface area contributed by atoms with Crippen LogP contribution in [0, 0.1) is 0 Å². The van der Waals surface area contributed by atoms with E-state index < -0.39 is 6.10 Å². The fraction of sp³-hybridized carbons (Fsp3) is 0.909.